The van der Waals surface area contributed by atoms with Gasteiger partial charge in [-0.05, 0) is 31.1 Å². The first-order valence-electron chi connectivity index (χ1n) is 10.6. The molecule has 4 aliphatic rings. The van der Waals surface area contributed by atoms with Crippen molar-refractivity contribution in [2.24, 2.45) is 34.1 Å². The molecule has 3 aliphatic carbocycles. The Labute approximate surface area is 166 Å². The third-order valence-electron chi connectivity index (χ3n) is 7.35. The van der Waals surface area contributed by atoms with E-state index in [9.17, 15) is 14.7 Å². The number of fused-ring (bicyclic) bond motifs is 5. The number of carbonyl (C=O) groups is 2. The molecule has 154 valence electrons. The van der Waals surface area contributed by atoms with Crippen molar-refractivity contribution >= 4 is 17.8 Å². The molecule has 2 amide bonds. The third-order valence-corrected chi connectivity index (χ3v) is 7.35. The summed E-state index contributed by atoms with van der Waals surface area (Å²) in [5.41, 5.74) is -0.152. The molecule has 3 fully saturated rings. The van der Waals surface area contributed by atoms with Crippen molar-refractivity contribution in [3.63, 3.8) is 0 Å². The molecular formula is C21H32N4O3. The number of nitrogens with zero attached hydrogens (tertiary/aromatic N) is 2. The minimum atomic E-state index is -0.296. The Bertz CT molecular complexity index is 676. The van der Waals surface area contributed by atoms with Crippen LogP contribution in [-0.4, -0.2) is 60.6 Å². The highest BCUT2D eigenvalue weighted by Crippen LogP contribution is 2.52. The van der Waals surface area contributed by atoms with Gasteiger partial charge < -0.3 is 15.7 Å². The molecule has 3 N–H and O–H groups in total. The molecule has 6 unspecified atom stereocenters. The van der Waals surface area contributed by atoms with E-state index in [0.29, 0.717) is 25.6 Å². The average Bonchev–Trinajstić information content (AvgIpc) is 3.36. The lowest BCUT2D eigenvalue weighted by molar-refractivity contribution is -0.140. The predicted molar refractivity (Wildman–Crippen MR) is 106 cm³/mol. The molecule has 7 nitrogen and oxygen atoms in total. The Morgan fingerprint density at radius 3 is 2.50 bits per heavy atom. The van der Waals surface area contributed by atoms with Gasteiger partial charge in [0, 0.05) is 32.1 Å². The highest BCUT2D eigenvalue weighted by molar-refractivity contribution is 6.06. The molecule has 0 radical (unpaired) electrons. The van der Waals surface area contributed by atoms with Crippen molar-refractivity contribution in [2.75, 3.05) is 26.7 Å². The Morgan fingerprint density at radius 2 is 1.89 bits per heavy atom. The number of likely N-dealkylation sites (tertiary alicyclic amines) is 1. The Kier molecular flexibility index (Phi) is 5.21. The summed E-state index contributed by atoms with van der Waals surface area (Å²) in [7, 11) is 1.70. The van der Waals surface area contributed by atoms with E-state index in [1.165, 1.54) is 4.90 Å². The molecule has 0 aromatic rings. The first-order valence-corrected chi connectivity index (χ1v) is 10.6. The molecule has 7 heteroatoms. The number of imide groups is 1. The molecule has 2 saturated carbocycles. The van der Waals surface area contributed by atoms with Gasteiger partial charge in [0.15, 0.2) is 5.96 Å². The van der Waals surface area contributed by atoms with Crippen LogP contribution in [0.5, 0.6) is 0 Å². The van der Waals surface area contributed by atoms with Gasteiger partial charge in [-0.2, -0.15) is 0 Å². The summed E-state index contributed by atoms with van der Waals surface area (Å²) in [5, 5.41) is 16.8. The van der Waals surface area contributed by atoms with Gasteiger partial charge in [-0.1, -0.05) is 31.9 Å². The lowest BCUT2D eigenvalue weighted by Gasteiger charge is -2.38. The molecule has 0 aromatic carbocycles. The molecular weight excluding hydrogens is 356 g/mol. The van der Waals surface area contributed by atoms with Gasteiger partial charge in [-0.3, -0.25) is 19.5 Å². The predicted octanol–water partition coefficient (Wildman–Crippen LogP) is 0.900. The largest absolute Gasteiger partial charge is 0.392 e. The van der Waals surface area contributed by atoms with Crippen LogP contribution in [0.3, 0.4) is 0 Å². The number of rotatable bonds is 5. The Morgan fingerprint density at radius 1 is 1.21 bits per heavy atom. The lowest BCUT2D eigenvalue weighted by Crippen LogP contribution is -2.49. The minimum Gasteiger partial charge on any atom is -0.392 e. The van der Waals surface area contributed by atoms with Crippen molar-refractivity contribution in [1.82, 2.24) is 15.5 Å². The van der Waals surface area contributed by atoms with Crippen LogP contribution in [0.15, 0.2) is 17.1 Å². The third kappa shape index (κ3) is 3.23. The monoisotopic (exact) mass is 388 g/mol. The fourth-order valence-corrected chi connectivity index (χ4v) is 5.56. The highest BCUT2D eigenvalue weighted by Gasteiger charge is 2.58. The second-order valence-electron chi connectivity index (χ2n) is 9.10. The number of aliphatic hydroxyl groups excluding tert-OH is 1. The number of aliphatic imine (C=N–C) groups is 1. The van der Waals surface area contributed by atoms with E-state index >= 15 is 0 Å². The van der Waals surface area contributed by atoms with Crippen LogP contribution in [0.4, 0.5) is 0 Å². The van der Waals surface area contributed by atoms with E-state index in [-0.39, 0.29) is 47.0 Å². The van der Waals surface area contributed by atoms with Gasteiger partial charge in [0.1, 0.15) is 0 Å². The van der Waals surface area contributed by atoms with Crippen molar-refractivity contribution in [3.05, 3.63) is 12.2 Å². The fraction of sp³-hybridized carbons (Fsp3) is 0.762. The molecule has 2 bridgehead atoms. The van der Waals surface area contributed by atoms with Crippen LogP contribution in [0, 0.1) is 29.1 Å². The molecule has 28 heavy (non-hydrogen) atoms. The highest BCUT2D eigenvalue weighted by atomic mass is 16.3. The number of amides is 2. The number of hydrogen-bond donors (Lipinski definition) is 3. The van der Waals surface area contributed by atoms with E-state index in [4.69, 9.17) is 0 Å². The van der Waals surface area contributed by atoms with Crippen molar-refractivity contribution < 1.29 is 14.7 Å². The van der Waals surface area contributed by atoms with Crippen molar-refractivity contribution in [1.29, 1.82) is 0 Å². The number of guanidine groups is 1. The summed E-state index contributed by atoms with van der Waals surface area (Å²) in [4.78, 5) is 31.1. The zero-order chi connectivity index (χ0) is 19.9. The van der Waals surface area contributed by atoms with E-state index in [1.54, 1.807) is 7.05 Å². The normalized spacial score (nSPS) is 39.6. The quantitative estimate of drug-likeness (QED) is 0.282. The first-order chi connectivity index (χ1) is 13.4. The van der Waals surface area contributed by atoms with Crippen LogP contribution in [0.2, 0.25) is 0 Å². The van der Waals surface area contributed by atoms with Crippen molar-refractivity contribution in [2.45, 2.75) is 45.1 Å². The molecule has 4 rings (SSSR count). The van der Waals surface area contributed by atoms with Crippen LogP contribution in [0.25, 0.3) is 0 Å². The summed E-state index contributed by atoms with van der Waals surface area (Å²) in [6, 6.07) is 0. The summed E-state index contributed by atoms with van der Waals surface area (Å²) in [6.45, 7) is 3.59. The van der Waals surface area contributed by atoms with Gasteiger partial charge in [0.25, 0.3) is 0 Å². The number of hydrogen-bond acceptors (Lipinski definition) is 4. The summed E-state index contributed by atoms with van der Waals surface area (Å²) in [6.07, 6.45) is 8.96. The molecule has 6 atom stereocenters. The van der Waals surface area contributed by atoms with E-state index < -0.39 is 0 Å². The second-order valence-corrected chi connectivity index (χ2v) is 9.10. The van der Waals surface area contributed by atoms with Crippen LogP contribution in [-0.2, 0) is 9.59 Å². The molecule has 1 heterocycles. The lowest BCUT2D eigenvalue weighted by atomic mass is 9.73. The van der Waals surface area contributed by atoms with Gasteiger partial charge in [0.2, 0.25) is 11.8 Å². The molecule has 0 spiro atoms. The number of aliphatic hydroxyl groups is 1. The maximum absolute atomic E-state index is 12.7. The Balaban J connectivity index is 1.26. The number of nitrogens with one attached hydrogen (secondary N) is 2. The maximum atomic E-state index is 12.7. The standard InChI is InChI=1S/C21H32N4O3/c1-21(8-4-3-5-15(21)26)12-24-20(22-2)23-9-10-25-18(27)16-13-6-7-14(11-13)17(16)19(25)28/h6-7,13-17,26H,3-5,8-12H2,1-2H3,(H2,22,23,24). The van der Waals surface area contributed by atoms with E-state index in [2.05, 4.69) is 34.7 Å². The SMILES string of the molecule is CN=C(NCCN1C(=O)C2C3C=CC(C3)C2C1=O)NCC1(C)CCCCC1O. The maximum Gasteiger partial charge on any atom is 0.233 e. The Hall–Kier alpha value is -1.89. The molecule has 1 saturated heterocycles. The van der Waals surface area contributed by atoms with Crippen LogP contribution >= 0.6 is 0 Å². The minimum absolute atomic E-state index is 0.00515. The zero-order valence-corrected chi connectivity index (χ0v) is 16.9. The number of allylic oxidation sites excluding steroid dienone is 2. The van der Waals surface area contributed by atoms with Gasteiger partial charge >= 0.3 is 0 Å². The number of carbonyl (C=O) groups excluding carboxylic acids is 2. The summed E-state index contributed by atoms with van der Waals surface area (Å²) < 4.78 is 0. The smallest absolute Gasteiger partial charge is 0.233 e. The first kappa shape index (κ1) is 19.4. The van der Waals surface area contributed by atoms with Crippen LogP contribution in [0.1, 0.15) is 39.0 Å². The van der Waals surface area contributed by atoms with E-state index in [1.807, 2.05) is 0 Å². The second kappa shape index (κ2) is 7.50. The van der Waals surface area contributed by atoms with Gasteiger partial charge in [-0.25, -0.2) is 0 Å². The summed E-state index contributed by atoms with van der Waals surface area (Å²) in [5.74, 6) is 0.868. The molecule has 0 aromatic heterocycles. The molecule has 1 aliphatic heterocycles. The summed E-state index contributed by atoms with van der Waals surface area (Å²) >= 11 is 0. The topological polar surface area (TPSA) is 94.0 Å². The fourth-order valence-electron chi connectivity index (χ4n) is 5.56. The van der Waals surface area contributed by atoms with Crippen LogP contribution < -0.4 is 10.6 Å². The van der Waals surface area contributed by atoms with Crippen molar-refractivity contribution in [3.8, 4) is 0 Å². The average molecular weight is 389 g/mol. The van der Waals surface area contributed by atoms with Gasteiger partial charge in [-0.15, -0.1) is 0 Å². The zero-order valence-electron chi connectivity index (χ0n) is 16.9. The van der Waals surface area contributed by atoms with Gasteiger partial charge in [0.05, 0.1) is 17.9 Å². The van der Waals surface area contributed by atoms with E-state index in [0.717, 1.165) is 32.1 Å².